The fourth-order valence-electron chi connectivity index (χ4n) is 1.48. The van der Waals surface area contributed by atoms with Gasteiger partial charge in [0.05, 0.1) is 15.0 Å². The molecule has 0 aliphatic rings. The van der Waals surface area contributed by atoms with Gasteiger partial charge in [0.2, 0.25) is 0 Å². The third-order valence-electron chi connectivity index (χ3n) is 2.34. The van der Waals surface area contributed by atoms with Crippen LogP contribution in [0.4, 0.5) is 23.2 Å². The Kier molecular flexibility index (Phi) is 4.31. The fraction of sp³-hybridized carbons (Fsp3) is 0.0909. The highest BCUT2D eigenvalue weighted by molar-refractivity contribution is 9.11. The third-order valence-corrected chi connectivity index (χ3v) is 5.83. The summed E-state index contributed by atoms with van der Waals surface area (Å²) in [7, 11) is -4.17. The standard InChI is InChI=1S/C11H6BrF4NO2S2/c12-9-3-4-10(20-9)21(18,19)17-8-2-1-6(13)5-7(8)11(14,15)16/h1-5,17H. The molecule has 2 aromatic rings. The van der Waals surface area contributed by atoms with Gasteiger partial charge in [0.25, 0.3) is 10.0 Å². The van der Waals surface area contributed by atoms with Gasteiger partial charge in [0.15, 0.2) is 0 Å². The molecular weight excluding hydrogens is 398 g/mol. The van der Waals surface area contributed by atoms with Gasteiger partial charge in [-0.1, -0.05) is 0 Å². The highest BCUT2D eigenvalue weighted by Gasteiger charge is 2.35. The average Bonchev–Trinajstić information content (AvgIpc) is 2.77. The molecule has 1 aromatic heterocycles. The van der Waals surface area contributed by atoms with Crippen LogP contribution in [0, 0.1) is 5.82 Å². The van der Waals surface area contributed by atoms with Crippen molar-refractivity contribution in [1.82, 2.24) is 0 Å². The molecule has 0 bridgehead atoms. The van der Waals surface area contributed by atoms with Crippen molar-refractivity contribution < 1.29 is 26.0 Å². The molecule has 114 valence electrons. The lowest BCUT2D eigenvalue weighted by atomic mass is 10.2. The molecule has 1 heterocycles. The largest absolute Gasteiger partial charge is 0.418 e. The summed E-state index contributed by atoms with van der Waals surface area (Å²) >= 11 is 3.90. The number of hydrogen-bond donors (Lipinski definition) is 1. The summed E-state index contributed by atoms with van der Waals surface area (Å²) < 4.78 is 77.5. The van der Waals surface area contributed by atoms with Gasteiger partial charge in [-0.2, -0.15) is 13.2 Å². The van der Waals surface area contributed by atoms with Crippen LogP contribution in [0.2, 0.25) is 0 Å². The van der Waals surface area contributed by atoms with E-state index in [1.807, 2.05) is 4.72 Å². The summed E-state index contributed by atoms with van der Waals surface area (Å²) in [4.78, 5) is 0. The molecule has 10 heteroatoms. The van der Waals surface area contributed by atoms with Crippen LogP contribution in [0.25, 0.3) is 0 Å². The van der Waals surface area contributed by atoms with Crippen molar-refractivity contribution >= 4 is 43.0 Å². The van der Waals surface area contributed by atoms with Crippen LogP contribution in [0.1, 0.15) is 5.56 Å². The second kappa shape index (κ2) is 5.58. The summed E-state index contributed by atoms with van der Waals surface area (Å²) in [6, 6.07) is 4.42. The number of thiophene rings is 1. The minimum absolute atomic E-state index is 0.160. The smallest absolute Gasteiger partial charge is 0.278 e. The minimum Gasteiger partial charge on any atom is -0.278 e. The van der Waals surface area contributed by atoms with E-state index in [9.17, 15) is 26.0 Å². The molecule has 21 heavy (non-hydrogen) atoms. The maximum Gasteiger partial charge on any atom is 0.418 e. The maximum absolute atomic E-state index is 13.0. The highest BCUT2D eigenvalue weighted by Crippen LogP contribution is 2.37. The third kappa shape index (κ3) is 3.74. The Morgan fingerprint density at radius 1 is 1.14 bits per heavy atom. The molecule has 0 amide bonds. The van der Waals surface area contributed by atoms with Gasteiger partial charge in [-0.3, -0.25) is 4.72 Å². The van der Waals surface area contributed by atoms with Crippen LogP contribution in [0.15, 0.2) is 38.3 Å². The van der Waals surface area contributed by atoms with Gasteiger partial charge in [0, 0.05) is 0 Å². The van der Waals surface area contributed by atoms with E-state index in [2.05, 4.69) is 15.9 Å². The number of rotatable bonds is 3. The van der Waals surface area contributed by atoms with E-state index in [0.717, 1.165) is 23.5 Å². The molecule has 0 unspecified atom stereocenters. The summed E-state index contributed by atoms with van der Waals surface area (Å²) in [5, 5.41) is 0. The first kappa shape index (κ1) is 16.2. The fourth-order valence-corrected chi connectivity index (χ4v) is 4.57. The molecule has 0 aliphatic carbocycles. The predicted molar refractivity (Wildman–Crippen MR) is 74.2 cm³/mol. The van der Waals surface area contributed by atoms with Gasteiger partial charge in [-0.25, -0.2) is 12.8 Å². The Balaban J connectivity index is 2.45. The Bertz CT molecular complexity index is 771. The van der Waals surface area contributed by atoms with Gasteiger partial charge >= 0.3 is 6.18 Å². The van der Waals surface area contributed by atoms with Crippen LogP contribution in [-0.4, -0.2) is 8.42 Å². The van der Waals surface area contributed by atoms with Gasteiger partial charge < -0.3 is 0 Å². The SMILES string of the molecule is O=S(=O)(Nc1ccc(F)cc1C(F)(F)F)c1ccc(Br)s1. The number of alkyl halides is 3. The predicted octanol–water partition coefficient (Wildman–Crippen LogP) is 4.47. The Morgan fingerprint density at radius 2 is 1.81 bits per heavy atom. The zero-order chi connectivity index (χ0) is 15.8. The monoisotopic (exact) mass is 403 g/mol. The van der Waals surface area contributed by atoms with Gasteiger partial charge in [-0.05, 0) is 46.3 Å². The molecule has 2 rings (SSSR count). The Hall–Kier alpha value is -1.13. The zero-order valence-corrected chi connectivity index (χ0v) is 13.1. The number of benzene rings is 1. The van der Waals surface area contributed by atoms with Crippen molar-refractivity contribution in [2.75, 3.05) is 4.72 Å². The highest BCUT2D eigenvalue weighted by atomic mass is 79.9. The first-order chi connectivity index (χ1) is 9.59. The summed E-state index contributed by atoms with van der Waals surface area (Å²) in [6.07, 6.45) is -4.88. The summed E-state index contributed by atoms with van der Waals surface area (Å²) in [5.41, 5.74) is -2.12. The van der Waals surface area contributed by atoms with Crippen molar-refractivity contribution in [3.8, 4) is 0 Å². The molecule has 0 atom stereocenters. The summed E-state index contributed by atoms with van der Waals surface area (Å²) in [5.74, 6) is -1.11. The van der Waals surface area contributed by atoms with E-state index in [1.54, 1.807) is 0 Å². The lowest BCUT2D eigenvalue weighted by molar-refractivity contribution is -0.137. The topological polar surface area (TPSA) is 46.2 Å². The molecule has 0 fully saturated rings. The number of halogens is 5. The van der Waals surface area contributed by atoms with Crippen molar-refractivity contribution in [1.29, 1.82) is 0 Å². The molecule has 0 saturated carbocycles. The van der Waals surface area contributed by atoms with Crippen molar-refractivity contribution in [3.63, 3.8) is 0 Å². The average molecular weight is 404 g/mol. The first-order valence-corrected chi connectivity index (χ1v) is 8.34. The quantitative estimate of drug-likeness (QED) is 0.768. The molecule has 1 aromatic carbocycles. The number of hydrogen-bond acceptors (Lipinski definition) is 3. The van der Waals surface area contributed by atoms with Crippen LogP contribution < -0.4 is 4.72 Å². The van der Waals surface area contributed by atoms with E-state index in [0.29, 0.717) is 3.79 Å². The van der Waals surface area contributed by atoms with Crippen LogP contribution in [0.3, 0.4) is 0 Å². The zero-order valence-electron chi connectivity index (χ0n) is 9.91. The number of nitrogens with one attached hydrogen (secondary N) is 1. The van der Waals surface area contributed by atoms with E-state index in [-0.39, 0.29) is 10.3 Å². The molecule has 3 nitrogen and oxygen atoms in total. The molecule has 0 radical (unpaired) electrons. The van der Waals surface area contributed by atoms with Crippen LogP contribution in [0.5, 0.6) is 0 Å². The molecule has 0 aliphatic heterocycles. The van der Waals surface area contributed by atoms with Crippen molar-refractivity contribution in [2.45, 2.75) is 10.4 Å². The molecule has 1 N–H and O–H groups in total. The van der Waals surface area contributed by atoms with Crippen LogP contribution in [-0.2, 0) is 16.2 Å². The molecule has 0 saturated heterocycles. The van der Waals surface area contributed by atoms with E-state index in [4.69, 9.17) is 0 Å². The Morgan fingerprint density at radius 3 is 2.33 bits per heavy atom. The lowest BCUT2D eigenvalue weighted by Gasteiger charge is -2.14. The van der Waals surface area contributed by atoms with E-state index in [1.165, 1.54) is 12.1 Å². The second-order valence-corrected chi connectivity index (χ2v) is 8.22. The van der Waals surface area contributed by atoms with Crippen molar-refractivity contribution in [2.24, 2.45) is 0 Å². The lowest BCUT2D eigenvalue weighted by Crippen LogP contribution is -2.16. The maximum atomic E-state index is 13.0. The van der Waals surface area contributed by atoms with E-state index >= 15 is 0 Å². The molecular formula is C11H6BrF4NO2S2. The van der Waals surface area contributed by atoms with Gasteiger partial charge in [0.1, 0.15) is 10.0 Å². The second-order valence-electron chi connectivity index (χ2n) is 3.85. The normalized spacial score (nSPS) is 12.4. The van der Waals surface area contributed by atoms with Crippen molar-refractivity contribution in [3.05, 3.63) is 45.5 Å². The van der Waals surface area contributed by atoms with Gasteiger partial charge in [-0.15, -0.1) is 11.3 Å². The number of sulfonamides is 1. The first-order valence-electron chi connectivity index (χ1n) is 5.24. The van der Waals surface area contributed by atoms with Crippen LogP contribution >= 0.6 is 27.3 Å². The minimum atomic E-state index is -4.88. The molecule has 0 spiro atoms. The van der Waals surface area contributed by atoms with E-state index < -0.39 is 33.3 Å². The number of anilines is 1. The summed E-state index contributed by atoms with van der Waals surface area (Å²) in [6.45, 7) is 0. The Labute approximate surface area is 129 Å².